The van der Waals surface area contributed by atoms with Crippen LogP contribution in [0.25, 0.3) is 0 Å². The van der Waals surface area contributed by atoms with Gasteiger partial charge in [0, 0.05) is 25.9 Å². The normalized spacial score (nSPS) is 10.7. The van der Waals surface area contributed by atoms with E-state index in [1.807, 2.05) is 18.8 Å². The lowest BCUT2D eigenvalue weighted by atomic mass is 10.1. The molecule has 0 saturated carbocycles. The second-order valence-electron chi connectivity index (χ2n) is 4.01. The molecule has 1 aromatic rings. The zero-order valence-electron chi connectivity index (χ0n) is 11.7. The first-order valence-electron chi connectivity index (χ1n) is 6.34. The van der Waals surface area contributed by atoms with Crippen LogP contribution in [0, 0.1) is 0 Å². The molecule has 0 amide bonds. The van der Waals surface area contributed by atoms with E-state index in [4.69, 9.17) is 0 Å². The van der Waals surface area contributed by atoms with Crippen molar-refractivity contribution >= 4 is 41.7 Å². The summed E-state index contributed by atoms with van der Waals surface area (Å²) in [6.45, 7) is 1.91. The van der Waals surface area contributed by atoms with Crippen molar-refractivity contribution < 1.29 is 0 Å². The smallest absolute Gasteiger partial charge is 0.191 e. The Bertz CT molecular complexity index is 344. The molecule has 19 heavy (non-hydrogen) atoms. The second kappa shape index (κ2) is 12.6. The standard InChI is InChI=1S/C14H23N3S.HI/c1-15-14(17-11-12-18-2)16-10-6-9-13-7-4-3-5-8-13;/h3-5,7-8H,6,9-12H2,1-2H3,(H2,15,16,17);1H. The maximum Gasteiger partial charge on any atom is 0.191 e. The predicted octanol–water partition coefficient (Wildman–Crippen LogP) is 2.77. The van der Waals surface area contributed by atoms with E-state index in [1.54, 1.807) is 0 Å². The Balaban J connectivity index is 0.00000324. The molecule has 0 unspecified atom stereocenters. The molecular formula is C14H24IN3S. The van der Waals surface area contributed by atoms with Crippen molar-refractivity contribution in [3.05, 3.63) is 35.9 Å². The Kier molecular flexibility index (Phi) is 12.3. The topological polar surface area (TPSA) is 36.4 Å². The fourth-order valence-electron chi connectivity index (χ4n) is 1.64. The van der Waals surface area contributed by atoms with Crippen molar-refractivity contribution in [3.63, 3.8) is 0 Å². The van der Waals surface area contributed by atoms with Gasteiger partial charge in [0.25, 0.3) is 0 Å². The van der Waals surface area contributed by atoms with E-state index in [2.05, 4.69) is 52.2 Å². The largest absolute Gasteiger partial charge is 0.356 e. The van der Waals surface area contributed by atoms with Gasteiger partial charge in [-0.1, -0.05) is 30.3 Å². The van der Waals surface area contributed by atoms with Crippen LogP contribution in [0.4, 0.5) is 0 Å². The Labute approximate surface area is 138 Å². The van der Waals surface area contributed by atoms with Gasteiger partial charge in [0.05, 0.1) is 0 Å². The van der Waals surface area contributed by atoms with Gasteiger partial charge in [-0.25, -0.2) is 0 Å². The highest BCUT2D eigenvalue weighted by molar-refractivity contribution is 14.0. The van der Waals surface area contributed by atoms with Crippen LogP contribution >= 0.6 is 35.7 Å². The van der Waals surface area contributed by atoms with Crippen molar-refractivity contribution in [2.75, 3.05) is 32.1 Å². The van der Waals surface area contributed by atoms with Crippen molar-refractivity contribution in [2.45, 2.75) is 12.8 Å². The molecule has 1 aromatic carbocycles. The molecule has 0 saturated heterocycles. The first-order chi connectivity index (χ1) is 8.86. The first-order valence-corrected chi connectivity index (χ1v) is 7.73. The number of nitrogens with one attached hydrogen (secondary N) is 2. The third-order valence-corrected chi connectivity index (χ3v) is 3.21. The highest BCUT2D eigenvalue weighted by Crippen LogP contribution is 2.01. The van der Waals surface area contributed by atoms with Gasteiger partial charge in [0.1, 0.15) is 0 Å². The maximum absolute atomic E-state index is 4.19. The third-order valence-electron chi connectivity index (χ3n) is 2.60. The summed E-state index contributed by atoms with van der Waals surface area (Å²) < 4.78 is 0. The van der Waals surface area contributed by atoms with Crippen LogP contribution in [-0.4, -0.2) is 38.1 Å². The minimum absolute atomic E-state index is 0. The number of aryl methyl sites for hydroxylation is 1. The van der Waals surface area contributed by atoms with Crippen molar-refractivity contribution in [2.24, 2.45) is 4.99 Å². The van der Waals surface area contributed by atoms with Gasteiger partial charge < -0.3 is 10.6 Å². The van der Waals surface area contributed by atoms with E-state index in [1.165, 1.54) is 5.56 Å². The van der Waals surface area contributed by atoms with Gasteiger partial charge >= 0.3 is 0 Å². The van der Waals surface area contributed by atoms with E-state index >= 15 is 0 Å². The van der Waals surface area contributed by atoms with Gasteiger partial charge in [-0.05, 0) is 24.7 Å². The molecule has 108 valence electrons. The van der Waals surface area contributed by atoms with Gasteiger partial charge in [-0.2, -0.15) is 11.8 Å². The lowest BCUT2D eigenvalue weighted by Crippen LogP contribution is -2.38. The predicted molar refractivity (Wildman–Crippen MR) is 97.9 cm³/mol. The van der Waals surface area contributed by atoms with E-state index < -0.39 is 0 Å². The van der Waals surface area contributed by atoms with Crippen molar-refractivity contribution in [1.82, 2.24) is 10.6 Å². The zero-order valence-corrected chi connectivity index (χ0v) is 14.8. The fourth-order valence-corrected chi connectivity index (χ4v) is 1.94. The monoisotopic (exact) mass is 393 g/mol. The summed E-state index contributed by atoms with van der Waals surface area (Å²) in [6, 6.07) is 10.6. The van der Waals surface area contributed by atoms with Crippen molar-refractivity contribution in [1.29, 1.82) is 0 Å². The van der Waals surface area contributed by atoms with E-state index in [0.717, 1.165) is 37.6 Å². The molecule has 0 bridgehead atoms. The molecule has 0 aliphatic heterocycles. The quantitative estimate of drug-likeness (QED) is 0.324. The van der Waals surface area contributed by atoms with Crippen LogP contribution in [0.5, 0.6) is 0 Å². The molecule has 0 aliphatic rings. The van der Waals surface area contributed by atoms with Crippen LogP contribution < -0.4 is 10.6 Å². The molecular weight excluding hydrogens is 369 g/mol. The van der Waals surface area contributed by atoms with Gasteiger partial charge in [-0.3, -0.25) is 4.99 Å². The average molecular weight is 393 g/mol. The molecule has 0 atom stereocenters. The van der Waals surface area contributed by atoms with Crippen LogP contribution in [0.3, 0.4) is 0 Å². The molecule has 1 rings (SSSR count). The van der Waals surface area contributed by atoms with E-state index in [9.17, 15) is 0 Å². The summed E-state index contributed by atoms with van der Waals surface area (Å²) >= 11 is 1.83. The number of benzene rings is 1. The number of aliphatic imine (C=N–C) groups is 1. The van der Waals surface area contributed by atoms with Gasteiger partial charge in [0.15, 0.2) is 5.96 Å². The van der Waals surface area contributed by atoms with E-state index in [0.29, 0.717) is 0 Å². The molecule has 2 N–H and O–H groups in total. The minimum Gasteiger partial charge on any atom is -0.356 e. The van der Waals surface area contributed by atoms with Gasteiger partial charge in [0.2, 0.25) is 0 Å². The summed E-state index contributed by atoms with van der Waals surface area (Å²) in [4.78, 5) is 4.19. The molecule has 0 spiro atoms. The Hall–Kier alpha value is -0.430. The highest BCUT2D eigenvalue weighted by atomic mass is 127. The number of rotatable bonds is 7. The highest BCUT2D eigenvalue weighted by Gasteiger charge is 1.96. The molecule has 0 aromatic heterocycles. The number of thioether (sulfide) groups is 1. The number of hydrogen-bond donors (Lipinski definition) is 2. The fraction of sp³-hybridized carbons (Fsp3) is 0.500. The molecule has 0 radical (unpaired) electrons. The van der Waals surface area contributed by atoms with Crippen LogP contribution in [-0.2, 0) is 6.42 Å². The Morgan fingerprint density at radius 3 is 2.47 bits per heavy atom. The lowest BCUT2D eigenvalue weighted by molar-refractivity contribution is 0.749. The minimum atomic E-state index is 0. The summed E-state index contributed by atoms with van der Waals surface area (Å²) in [5.74, 6) is 2.00. The number of halogens is 1. The summed E-state index contributed by atoms with van der Waals surface area (Å²) in [5, 5.41) is 6.62. The lowest BCUT2D eigenvalue weighted by Gasteiger charge is -2.11. The van der Waals surface area contributed by atoms with E-state index in [-0.39, 0.29) is 24.0 Å². The Morgan fingerprint density at radius 2 is 1.84 bits per heavy atom. The average Bonchev–Trinajstić information content (AvgIpc) is 2.43. The van der Waals surface area contributed by atoms with Crippen LogP contribution in [0.15, 0.2) is 35.3 Å². The zero-order chi connectivity index (χ0) is 13.1. The number of guanidine groups is 1. The Morgan fingerprint density at radius 1 is 1.16 bits per heavy atom. The summed E-state index contributed by atoms with van der Waals surface area (Å²) in [6.07, 6.45) is 4.33. The summed E-state index contributed by atoms with van der Waals surface area (Å²) in [5.41, 5.74) is 1.39. The van der Waals surface area contributed by atoms with Crippen LogP contribution in [0.2, 0.25) is 0 Å². The first kappa shape index (κ1) is 18.6. The third kappa shape index (κ3) is 9.15. The molecule has 0 aliphatic carbocycles. The molecule has 3 nitrogen and oxygen atoms in total. The molecule has 5 heteroatoms. The van der Waals surface area contributed by atoms with Gasteiger partial charge in [-0.15, -0.1) is 24.0 Å². The van der Waals surface area contributed by atoms with Crippen molar-refractivity contribution in [3.8, 4) is 0 Å². The molecule has 0 heterocycles. The maximum atomic E-state index is 4.19. The molecule has 0 fully saturated rings. The second-order valence-corrected chi connectivity index (χ2v) is 4.99. The SMILES string of the molecule is CN=C(NCCCc1ccccc1)NCCSC.I. The number of nitrogens with zero attached hydrogens (tertiary/aromatic N) is 1. The summed E-state index contributed by atoms with van der Waals surface area (Å²) in [7, 11) is 1.81. The number of hydrogen-bond acceptors (Lipinski definition) is 2. The van der Waals surface area contributed by atoms with Crippen LogP contribution in [0.1, 0.15) is 12.0 Å².